The van der Waals surface area contributed by atoms with Gasteiger partial charge in [-0.15, -0.1) is 0 Å². The van der Waals surface area contributed by atoms with Crippen LogP contribution in [0.15, 0.2) is 36.4 Å². The van der Waals surface area contributed by atoms with Gasteiger partial charge in [0.25, 0.3) is 0 Å². The van der Waals surface area contributed by atoms with E-state index >= 15 is 0 Å². The summed E-state index contributed by atoms with van der Waals surface area (Å²) in [6.07, 6.45) is 9.11. The molecule has 0 radical (unpaired) electrons. The predicted octanol–water partition coefficient (Wildman–Crippen LogP) is 1.55. The lowest BCUT2D eigenvalue weighted by atomic mass is 10.1. The number of aromatic nitrogens is 1. The van der Waals surface area contributed by atoms with Crippen molar-refractivity contribution < 1.29 is 0 Å². The van der Waals surface area contributed by atoms with E-state index in [1.54, 1.807) is 0 Å². The van der Waals surface area contributed by atoms with Crippen molar-refractivity contribution in [3.63, 3.8) is 0 Å². The Morgan fingerprint density at radius 1 is 1.20 bits per heavy atom. The van der Waals surface area contributed by atoms with Gasteiger partial charge in [-0.05, 0) is 24.6 Å². The van der Waals surface area contributed by atoms with E-state index in [4.69, 9.17) is 0 Å². The molecule has 1 aliphatic carbocycles. The molecule has 1 heterocycles. The lowest BCUT2D eigenvalue weighted by molar-refractivity contribution is 1.28. The van der Waals surface area contributed by atoms with Crippen molar-refractivity contribution in [2.45, 2.75) is 6.92 Å². The fraction of sp³-hybridized carbons (Fsp3) is 0.0714. The van der Waals surface area contributed by atoms with E-state index in [0.29, 0.717) is 0 Å². The van der Waals surface area contributed by atoms with Gasteiger partial charge in [0.15, 0.2) is 10.6 Å². The number of allylic oxidation sites excluding steroid dienone is 2. The molecule has 0 amide bonds. The van der Waals surface area contributed by atoms with Gasteiger partial charge < -0.3 is 0 Å². The molecule has 70 valence electrons. The van der Waals surface area contributed by atoms with Crippen LogP contribution in [-0.4, -0.2) is 4.98 Å². The van der Waals surface area contributed by atoms with Crippen LogP contribution in [0.1, 0.15) is 5.56 Å². The summed E-state index contributed by atoms with van der Waals surface area (Å²) >= 11 is 0. The van der Waals surface area contributed by atoms with Crippen LogP contribution in [0.3, 0.4) is 0 Å². The van der Waals surface area contributed by atoms with Crippen LogP contribution in [0.2, 0.25) is 0 Å². The van der Waals surface area contributed by atoms with Crippen LogP contribution in [0.5, 0.6) is 0 Å². The molecule has 1 aromatic heterocycles. The quantitative estimate of drug-likeness (QED) is 0.577. The fourth-order valence-electron chi connectivity index (χ4n) is 1.81. The normalized spacial score (nSPS) is 12.6. The molecule has 15 heavy (non-hydrogen) atoms. The summed E-state index contributed by atoms with van der Waals surface area (Å²) in [7, 11) is 0. The van der Waals surface area contributed by atoms with Crippen molar-refractivity contribution >= 4 is 23.1 Å². The molecule has 0 N–H and O–H groups in total. The zero-order valence-corrected chi connectivity index (χ0v) is 8.49. The van der Waals surface area contributed by atoms with Gasteiger partial charge in [-0.2, -0.15) is 4.98 Å². The second kappa shape index (κ2) is 3.01. The van der Waals surface area contributed by atoms with Crippen LogP contribution in [-0.2, 0) is 0 Å². The van der Waals surface area contributed by atoms with Gasteiger partial charge in [0.1, 0.15) is 0 Å². The first-order chi connectivity index (χ1) is 7.33. The average Bonchev–Trinajstić information content (AvgIpc) is 2.26. The minimum Gasteiger partial charge on any atom is -0.196 e. The summed E-state index contributed by atoms with van der Waals surface area (Å²) in [5.41, 5.74) is 2.30. The van der Waals surface area contributed by atoms with Crippen LogP contribution in [0.25, 0.3) is 23.1 Å². The fourth-order valence-corrected chi connectivity index (χ4v) is 1.81. The zero-order chi connectivity index (χ0) is 10.3. The maximum atomic E-state index is 4.61. The van der Waals surface area contributed by atoms with Crippen molar-refractivity contribution in [3.05, 3.63) is 52.5 Å². The number of aryl methyl sites for hydroxylation is 1. The largest absolute Gasteiger partial charge is 0.196 e. The van der Waals surface area contributed by atoms with Gasteiger partial charge in [0, 0.05) is 29.7 Å². The van der Waals surface area contributed by atoms with E-state index in [2.05, 4.69) is 42.2 Å². The molecule has 0 saturated heterocycles. The Bertz CT molecular complexity index is 678. The second-order valence-corrected chi connectivity index (χ2v) is 3.79. The van der Waals surface area contributed by atoms with E-state index < -0.39 is 0 Å². The lowest BCUT2D eigenvalue weighted by Gasteiger charge is -1.95. The highest BCUT2D eigenvalue weighted by atomic mass is 14.7. The Morgan fingerprint density at radius 2 is 2.13 bits per heavy atom. The first-order valence-corrected chi connectivity index (χ1v) is 5.01. The number of fused-ring (bicyclic) bond motifs is 2. The number of pyridine rings is 1. The molecule has 0 bridgehead atoms. The third-order valence-electron chi connectivity index (χ3n) is 2.59. The van der Waals surface area contributed by atoms with Gasteiger partial charge >= 0.3 is 0 Å². The van der Waals surface area contributed by atoms with Gasteiger partial charge in [0.2, 0.25) is 0 Å². The Morgan fingerprint density at radius 3 is 3.07 bits per heavy atom. The topological polar surface area (TPSA) is 12.9 Å². The highest BCUT2D eigenvalue weighted by molar-refractivity contribution is 5.79. The van der Waals surface area contributed by atoms with E-state index in [9.17, 15) is 0 Å². The molecular weight excluding hydrogens is 182 g/mol. The van der Waals surface area contributed by atoms with Gasteiger partial charge in [-0.3, -0.25) is 0 Å². The molecule has 0 spiro atoms. The Balaban J connectivity index is 2.49. The van der Waals surface area contributed by atoms with Crippen molar-refractivity contribution in [1.29, 1.82) is 0 Å². The molecular formula is C14H10N+. The van der Waals surface area contributed by atoms with Gasteiger partial charge in [-0.1, -0.05) is 6.07 Å². The number of rotatable bonds is 0. The predicted molar refractivity (Wildman–Crippen MR) is 62.7 cm³/mol. The summed E-state index contributed by atoms with van der Waals surface area (Å²) in [5, 5.41) is 3.26. The Kier molecular flexibility index (Phi) is 1.67. The molecule has 0 aliphatic heterocycles. The molecule has 0 atom stereocenters. The minimum atomic E-state index is 1.01. The third-order valence-corrected chi connectivity index (χ3v) is 2.59. The van der Waals surface area contributed by atoms with Crippen LogP contribution >= 0.6 is 0 Å². The highest BCUT2D eigenvalue weighted by Crippen LogP contribution is 2.09. The minimum absolute atomic E-state index is 1.01. The highest BCUT2D eigenvalue weighted by Gasteiger charge is 2.03. The van der Waals surface area contributed by atoms with Crippen molar-refractivity contribution in [1.82, 2.24) is 4.98 Å². The van der Waals surface area contributed by atoms with Gasteiger partial charge in [0.05, 0.1) is 11.6 Å². The number of hydrogen-bond donors (Lipinski definition) is 0. The smallest absolute Gasteiger partial charge is 0.174 e. The van der Waals surface area contributed by atoms with Crippen molar-refractivity contribution in [2.24, 2.45) is 0 Å². The van der Waals surface area contributed by atoms with Crippen LogP contribution < -0.4 is 10.6 Å². The molecule has 1 aromatic carbocycles. The standard InChI is InChI=1S/C14H10N/c1-10-6-7-12-9-11-4-2-3-5-13(11)15-14(12)8-10/h2-3,5-9H,1H3/q+1. The molecule has 3 rings (SSSR count). The molecule has 1 nitrogen and oxygen atoms in total. The second-order valence-electron chi connectivity index (χ2n) is 3.79. The van der Waals surface area contributed by atoms with Crippen molar-refractivity contribution in [3.8, 4) is 0 Å². The molecule has 1 aliphatic rings. The maximum Gasteiger partial charge on any atom is 0.174 e. The van der Waals surface area contributed by atoms with E-state index in [0.717, 1.165) is 16.1 Å². The van der Waals surface area contributed by atoms with Gasteiger partial charge in [-0.25, -0.2) is 0 Å². The molecule has 1 heteroatoms. The summed E-state index contributed by atoms with van der Waals surface area (Å²) in [4.78, 5) is 4.61. The lowest BCUT2D eigenvalue weighted by Crippen LogP contribution is -2.28. The first kappa shape index (κ1) is 8.34. The molecule has 2 aromatic rings. The maximum absolute atomic E-state index is 4.61. The monoisotopic (exact) mass is 192 g/mol. The number of benzene rings is 1. The average molecular weight is 192 g/mol. The summed E-state index contributed by atoms with van der Waals surface area (Å²) in [5.74, 6) is 0. The Labute approximate surface area is 88.1 Å². The van der Waals surface area contributed by atoms with Crippen LogP contribution in [0.4, 0.5) is 0 Å². The van der Waals surface area contributed by atoms with E-state index in [-0.39, 0.29) is 0 Å². The molecule has 0 unspecified atom stereocenters. The number of nitrogens with zero attached hydrogens (tertiary/aromatic N) is 1. The zero-order valence-electron chi connectivity index (χ0n) is 8.49. The third kappa shape index (κ3) is 1.34. The first-order valence-electron chi connectivity index (χ1n) is 5.01. The Hall–Kier alpha value is -1.98. The van der Waals surface area contributed by atoms with Crippen molar-refractivity contribution in [2.75, 3.05) is 0 Å². The molecule has 0 saturated carbocycles. The summed E-state index contributed by atoms with van der Waals surface area (Å²) in [6.45, 7) is 2.09. The number of hydrogen-bond acceptors (Lipinski definition) is 1. The SMILES string of the molecule is Cc1ccc2cc3c(nc2c1)=CC=C[C+]=3. The summed E-state index contributed by atoms with van der Waals surface area (Å²) in [6, 6.07) is 8.47. The van der Waals surface area contributed by atoms with E-state index in [1.165, 1.54) is 10.9 Å². The van der Waals surface area contributed by atoms with Crippen LogP contribution in [0, 0.1) is 6.92 Å². The summed E-state index contributed by atoms with van der Waals surface area (Å²) < 4.78 is 0. The van der Waals surface area contributed by atoms with E-state index in [1.807, 2.05) is 18.2 Å². The molecule has 0 fully saturated rings.